The number of rotatable bonds is 4. The standard InChI is InChI=1S/C14H28N2O/c1-4-5-12-10-15-8-9-16(12)11-13-6-7-14(2,3)17-13/h12-13,15H,4-11H2,1-3H3. The zero-order chi connectivity index (χ0) is 12.3. The van der Waals surface area contributed by atoms with Crippen molar-refractivity contribution in [2.75, 3.05) is 26.2 Å². The molecule has 0 saturated carbocycles. The lowest BCUT2D eigenvalue weighted by Crippen LogP contribution is -2.53. The Morgan fingerprint density at radius 3 is 2.88 bits per heavy atom. The van der Waals surface area contributed by atoms with Gasteiger partial charge >= 0.3 is 0 Å². The molecule has 2 rings (SSSR count). The molecule has 2 fully saturated rings. The van der Waals surface area contributed by atoms with Gasteiger partial charge in [-0.2, -0.15) is 0 Å². The predicted octanol–water partition coefficient (Wildman–Crippen LogP) is 2.02. The molecule has 2 atom stereocenters. The summed E-state index contributed by atoms with van der Waals surface area (Å²) in [6, 6.07) is 0.723. The highest BCUT2D eigenvalue weighted by Crippen LogP contribution is 2.30. The van der Waals surface area contributed by atoms with Gasteiger partial charge in [-0.05, 0) is 33.1 Å². The largest absolute Gasteiger partial charge is 0.371 e. The second-order valence-corrected chi connectivity index (χ2v) is 6.18. The van der Waals surface area contributed by atoms with Crippen LogP contribution in [0.2, 0.25) is 0 Å². The maximum atomic E-state index is 6.12. The molecule has 100 valence electrons. The van der Waals surface area contributed by atoms with Crippen molar-refractivity contribution in [3.8, 4) is 0 Å². The second-order valence-electron chi connectivity index (χ2n) is 6.18. The van der Waals surface area contributed by atoms with Crippen molar-refractivity contribution in [3.63, 3.8) is 0 Å². The van der Waals surface area contributed by atoms with Gasteiger partial charge in [0, 0.05) is 32.2 Å². The minimum atomic E-state index is 0.110. The fourth-order valence-corrected chi connectivity index (χ4v) is 3.13. The molecule has 2 heterocycles. The van der Waals surface area contributed by atoms with Crippen LogP contribution < -0.4 is 5.32 Å². The maximum Gasteiger partial charge on any atom is 0.0710 e. The van der Waals surface area contributed by atoms with E-state index < -0.39 is 0 Å². The molecule has 2 unspecified atom stereocenters. The van der Waals surface area contributed by atoms with E-state index in [1.165, 1.54) is 32.2 Å². The van der Waals surface area contributed by atoms with E-state index in [0.717, 1.165) is 25.7 Å². The maximum absolute atomic E-state index is 6.12. The molecule has 0 aliphatic carbocycles. The quantitative estimate of drug-likeness (QED) is 0.813. The normalized spacial score (nSPS) is 34.1. The van der Waals surface area contributed by atoms with Gasteiger partial charge in [0.2, 0.25) is 0 Å². The van der Waals surface area contributed by atoms with Gasteiger partial charge in [0.15, 0.2) is 0 Å². The van der Waals surface area contributed by atoms with Crippen LogP contribution in [-0.2, 0) is 4.74 Å². The van der Waals surface area contributed by atoms with Gasteiger partial charge in [0.25, 0.3) is 0 Å². The molecule has 2 aliphatic heterocycles. The molecule has 0 amide bonds. The van der Waals surface area contributed by atoms with E-state index in [0.29, 0.717) is 6.10 Å². The first-order valence-electron chi connectivity index (χ1n) is 7.23. The van der Waals surface area contributed by atoms with Gasteiger partial charge in [-0.3, -0.25) is 4.90 Å². The molecule has 0 bridgehead atoms. The van der Waals surface area contributed by atoms with Gasteiger partial charge in [0.1, 0.15) is 0 Å². The second kappa shape index (κ2) is 5.68. The lowest BCUT2D eigenvalue weighted by molar-refractivity contribution is -0.0364. The van der Waals surface area contributed by atoms with Crippen molar-refractivity contribution in [3.05, 3.63) is 0 Å². The van der Waals surface area contributed by atoms with Crippen molar-refractivity contribution < 1.29 is 4.74 Å². The monoisotopic (exact) mass is 240 g/mol. The van der Waals surface area contributed by atoms with Crippen LogP contribution >= 0.6 is 0 Å². The van der Waals surface area contributed by atoms with Crippen molar-refractivity contribution in [2.24, 2.45) is 0 Å². The van der Waals surface area contributed by atoms with E-state index in [4.69, 9.17) is 4.74 Å². The fourth-order valence-electron chi connectivity index (χ4n) is 3.13. The molecule has 0 aromatic rings. The molecule has 3 heteroatoms. The van der Waals surface area contributed by atoms with E-state index >= 15 is 0 Å². The molecule has 2 aliphatic rings. The SMILES string of the molecule is CCCC1CNCCN1CC1CCC(C)(C)O1. The molecular formula is C14H28N2O. The van der Waals surface area contributed by atoms with Crippen molar-refractivity contribution in [1.29, 1.82) is 0 Å². The van der Waals surface area contributed by atoms with Crippen LogP contribution in [0.5, 0.6) is 0 Å². The minimum absolute atomic E-state index is 0.110. The van der Waals surface area contributed by atoms with Crippen molar-refractivity contribution in [2.45, 2.75) is 64.2 Å². The Kier molecular flexibility index (Phi) is 4.45. The smallest absolute Gasteiger partial charge is 0.0710 e. The summed E-state index contributed by atoms with van der Waals surface area (Å²) in [6.45, 7) is 11.3. The Labute approximate surface area is 106 Å². The number of piperazine rings is 1. The summed E-state index contributed by atoms with van der Waals surface area (Å²) in [5, 5.41) is 3.51. The highest BCUT2D eigenvalue weighted by molar-refractivity contribution is 4.86. The lowest BCUT2D eigenvalue weighted by atomic mass is 10.0. The number of hydrogen-bond acceptors (Lipinski definition) is 3. The minimum Gasteiger partial charge on any atom is -0.371 e. The summed E-state index contributed by atoms with van der Waals surface area (Å²) >= 11 is 0. The van der Waals surface area contributed by atoms with Crippen LogP contribution in [0.25, 0.3) is 0 Å². The zero-order valence-electron chi connectivity index (χ0n) is 11.7. The molecule has 0 spiro atoms. The summed E-state index contributed by atoms with van der Waals surface area (Å²) in [5.74, 6) is 0. The third kappa shape index (κ3) is 3.67. The Morgan fingerprint density at radius 2 is 2.24 bits per heavy atom. The average molecular weight is 240 g/mol. The summed E-state index contributed by atoms with van der Waals surface area (Å²) in [5.41, 5.74) is 0.110. The molecule has 0 aromatic carbocycles. The number of ether oxygens (including phenoxy) is 1. The van der Waals surface area contributed by atoms with E-state index in [9.17, 15) is 0 Å². The summed E-state index contributed by atoms with van der Waals surface area (Å²) < 4.78 is 6.12. The molecule has 3 nitrogen and oxygen atoms in total. The zero-order valence-corrected chi connectivity index (χ0v) is 11.7. The Hall–Kier alpha value is -0.120. The summed E-state index contributed by atoms with van der Waals surface area (Å²) in [7, 11) is 0. The third-order valence-corrected chi connectivity index (χ3v) is 4.09. The van der Waals surface area contributed by atoms with E-state index in [1.807, 2.05) is 0 Å². The summed E-state index contributed by atoms with van der Waals surface area (Å²) in [4.78, 5) is 2.64. The first-order valence-corrected chi connectivity index (χ1v) is 7.23. The highest BCUT2D eigenvalue weighted by atomic mass is 16.5. The first-order chi connectivity index (χ1) is 8.11. The number of hydrogen-bond donors (Lipinski definition) is 1. The molecule has 1 N–H and O–H groups in total. The van der Waals surface area contributed by atoms with E-state index in [-0.39, 0.29) is 5.60 Å². The van der Waals surface area contributed by atoms with Crippen molar-refractivity contribution >= 4 is 0 Å². The van der Waals surface area contributed by atoms with Crippen LogP contribution in [0, 0.1) is 0 Å². The summed E-state index contributed by atoms with van der Waals surface area (Å²) in [6.07, 6.45) is 5.49. The van der Waals surface area contributed by atoms with Gasteiger partial charge in [-0.1, -0.05) is 13.3 Å². The van der Waals surface area contributed by atoms with E-state index in [2.05, 4.69) is 31.0 Å². The molecular weight excluding hydrogens is 212 g/mol. The Bertz CT molecular complexity index is 240. The third-order valence-electron chi connectivity index (χ3n) is 4.09. The molecule has 0 radical (unpaired) electrons. The predicted molar refractivity (Wildman–Crippen MR) is 71.3 cm³/mol. The fraction of sp³-hybridized carbons (Fsp3) is 1.00. The van der Waals surface area contributed by atoms with Crippen LogP contribution in [0.4, 0.5) is 0 Å². The topological polar surface area (TPSA) is 24.5 Å². The molecule has 17 heavy (non-hydrogen) atoms. The van der Waals surface area contributed by atoms with Gasteiger partial charge in [-0.25, -0.2) is 0 Å². The number of nitrogens with zero attached hydrogens (tertiary/aromatic N) is 1. The van der Waals surface area contributed by atoms with Crippen molar-refractivity contribution in [1.82, 2.24) is 10.2 Å². The van der Waals surface area contributed by atoms with Gasteiger partial charge < -0.3 is 10.1 Å². The average Bonchev–Trinajstić information content (AvgIpc) is 2.61. The first kappa shape index (κ1) is 13.3. The molecule has 2 saturated heterocycles. The number of nitrogens with one attached hydrogen (secondary N) is 1. The van der Waals surface area contributed by atoms with Crippen LogP contribution in [0.3, 0.4) is 0 Å². The van der Waals surface area contributed by atoms with Gasteiger partial charge in [-0.15, -0.1) is 0 Å². The van der Waals surface area contributed by atoms with Gasteiger partial charge in [0.05, 0.1) is 11.7 Å². The molecule has 0 aromatic heterocycles. The van der Waals surface area contributed by atoms with E-state index in [1.54, 1.807) is 0 Å². The Balaban J connectivity index is 1.84. The Morgan fingerprint density at radius 1 is 1.41 bits per heavy atom. The van der Waals surface area contributed by atoms with Crippen LogP contribution in [-0.4, -0.2) is 48.8 Å². The van der Waals surface area contributed by atoms with Crippen LogP contribution in [0.15, 0.2) is 0 Å². The lowest BCUT2D eigenvalue weighted by Gasteiger charge is -2.37. The highest BCUT2D eigenvalue weighted by Gasteiger charge is 2.34. The van der Waals surface area contributed by atoms with Crippen LogP contribution in [0.1, 0.15) is 46.5 Å².